The van der Waals surface area contributed by atoms with Crippen LogP contribution in [0.1, 0.15) is 13.8 Å². The Bertz CT molecular complexity index is 538. The summed E-state index contributed by atoms with van der Waals surface area (Å²) in [6.07, 6.45) is 0. The van der Waals surface area contributed by atoms with Crippen molar-refractivity contribution in [3.05, 3.63) is 24.3 Å². The van der Waals surface area contributed by atoms with Crippen LogP contribution in [0.3, 0.4) is 0 Å². The molecule has 19 heavy (non-hydrogen) atoms. The molecule has 0 saturated heterocycles. The molecule has 0 bridgehead atoms. The number of nitrogens with one attached hydrogen (secondary N) is 1. The summed E-state index contributed by atoms with van der Waals surface area (Å²) in [6.45, 7) is 3.14. The molecule has 106 valence electrons. The Balaban J connectivity index is 2.67. The van der Waals surface area contributed by atoms with Crippen molar-refractivity contribution in [1.29, 1.82) is 0 Å². The van der Waals surface area contributed by atoms with E-state index < -0.39 is 15.3 Å². The molecule has 0 saturated carbocycles. The fourth-order valence-electron chi connectivity index (χ4n) is 1.09. The SMILES string of the molecule is CC(C)S(=O)(=O)Nc1ccc(OC/C(N)=N/O)cc1. The van der Waals surface area contributed by atoms with Gasteiger partial charge < -0.3 is 15.7 Å². The van der Waals surface area contributed by atoms with Crippen molar-refractivity contribution in [3.8, 4) is 5.75 Å². The zero-order valence-electron chi connectivity index (χ0n) is 10.7. The zero-order chi connectivity index (χ0) is 14.5. The first-order valence-electron chi connectivity index (χ1n) is 5.56. The van der Waals surface area contributed by atoms with Gasteiger partial charge in [0.05, 0.1) is 5.25 Å². The molecule has 0 heterocycles. The molecule has 0 unspecified atom stereocenters. The van der Waals surface area contributed by atoms with E-state index >= 15 is 0 Å². The first kappa shape index (κ1) is 15.1. The maximum Gasteiger partial charge on any atom is 0.235 e. The monoisotopic (exact) mass is 287 g/mol. The zero-order valence-corrected chi connectivity index (χ0v) is 11.5. The van der Waals surface area contributed by atoms with Gasteiger partial charge >= 0.3 is 0 Å². The molecule has 1 aromatic carbocycles. The van der Waals surface area contributed by atoms with Gasteiger partial charge in [0.15, 0.2) is 5.84 Å². The highest BCUT2D eigenvalue weighted by Gasteiger charge is 2.15. The van der Waals surface area contributed by atoms with Crippen LogP contribution in [0.2, 0.25) is 0 Å². The largest absolute Gasteiger partial charge is 0.486 e. The van der Waals surface area contributed by atoms with E-state index in [1.165, 1.54) is 0 Å². The van der Waals surface area contributed by atoms with Crippen LogP contribution < -0.4 is 15.2 Å². The third-order valence-electron chi connectivity index (χ3n) is 2.25. The number of hydrogen-bond donors (Lipinski definition) is 3. The molecule has 8 heteroatoms. The van der Waals surface area contributed by atoms with E-state index in [2.05, 4.69) is 9.88 Å². The summed E-state index contributed by atoms with van der Waals surface area (Å²) >= 11 is 0. The summed E-state index contributed by atoms with van der Waals surface area (Å²) in [4.78, 5) is 0. The Morgan fingerprint density at radius 3 is 2.47 bits per heavy atom. The van der Waals surface area contributed by atoms with Crippen molar-refractivity contribution in [2.24, 2.45) is 10.9 Å². The van der Waals surface area contributed by atoms with E-state index in [0.717, 1.165) is 0 Å². The number of nitrogens with two attached hydrogens (primary N) is 1. The van der Waals surface area contributed by atoms with E-state index in [4.69, 9.17) is 15.7 Å². The summed E-state index contributed by atoms with van der Waals surface area (Å²) in [7, 11) is -3.36. The van der Waals surface area contributed by atoms with Crippen LogP contribution in [0, 0.1) is 0 Å². The fourth-order valence-corrected chi connectivity index (χ4v) is 1.79. The number of amidine groups is 1. The van der Waals surface area contributed by atoms with Crippen LogP contribution in [-0.2, 0) is 10.0 Å². The highest BCUT2D eigenvalue weighted by molar-refractivity contribution is 7.93. The van der Waals surface area contributed by atoms with Crippen molar-refractivity contribution >= 4 is 21.5 Å². The predicted molar refractivity (Wildman–Crippen MR) is 73.0 cm³/mol. The second-order valence-corrected chi connectivity index (χ2v) is 6.34. The molecule has 1 rings (SSSR count). The van der Waals surface area contributed by atoms with Gasteiger partial charge in [-0.3, -0.25) is 4.72 Å². The number of anilines is 1. The minimum atomic E-state index is -3.36. The summed E-state index contributed by atoms with van der Waals surface area (Å²) in [5, 5.41) is 10.6. The highest BCUT2D eigenvalue weighted by Crippen LogP contribution is 2.17. The quantitative estimate of drug-likeness (QED) is 0.312. The minimum Gasteiger partial charge on any atom is -0.486 e. The van der Waals surface area contributed by atoms with Gasteiger partial charge in [0.2, 0.25) is 10.0 Å². The Labute approximate surface area is 112 Å². The number of benzene rings is 1. The summed E-state index contributed by atoms with van der Waals surface area (Å²) < 4.78 is 30.9. The first-order valence-corrected chi connectivity index (χ1v) is 7.10. The summed E-state index contributed by atoms with van der Waals surface area (Å²) in [5.41, 5.74) is 5.70. The van der Waals surface area contributed by atoms with Crippen LogP contribution in [0.4, 0.5) is 5.69 Å². The number of oxime groups is 1. The minimum absolute atomic E-state index is 0.0480. The van der Waals surface area contributed by atoms with Gasteiger partial charge in [0.25, 0.3) is 0 Å². The Hall–Kier alpha value is -1.96. The van der Waals surface area contributed by atoms with Gasteiger partial charge in [-0.05, 0) is 38.1 Å². The molecule has 0 spiro atoms. The van der Waals surface area contributed by atoms with Crippen LogP contribution >= 0.6 is 0 Å². The van der Waals surface area contributed by atoms with Crippen molar-refractivity contribution in [2.75, 3.05) is 11.3 Å². The average Bonchev–Trinajstić information content (AvgIpc) is 2.37. The maximum absolute atomic E-state index is 11.6. The number of sulfonamides is 1. The van der Waals surface area contributed by atoms with Gasteiger partial charge in [-0.15, -0.1) is 0 Å². The van der Waals surface area contributed by atoms with Gasteiger partial charge in [-0.2, -0.15) is 0 Å². The van der Waals surface area contributed by atoms with Crippen molar-refractivity contribution in [2.45, 2.75) is 19.1 Å². The van der Waals surface area contributed by atoms with Gasteiger partial charge in [-0.25, -0.2) is 8.42 Å². The second kappa shape index (κ2) is 6.28. The van der Waals surface area contributed by atoms with Crippen molar-refractivity contribution in [1.82, 2.24) is 0 Å². The lowest BCUT2D eigenvalue weighted by Crippen LogP contribution is -2.22. The number of rotatable bonds is 6. The molecular weight excluding hydrogens is 270 g/mol. The lowest BCUT2D eigenvalue weighted by Gasteiger charge is -2.11. The van der Waals surface area contributed by atoms with E-state index in [1.54, 1.807) is 38.1 Å². The lowest BCUT2D eigenvalue weighted by atomic mass is 10.3. The predicted octanol–water partition coefficient (Wildman–Crippen LogP) is 0.962. The van der Waals surface area contributed by atoms with Crippen LogP contribution in [0.15, 0.2) is 29.4 Å². The lowest BCUT2D eigenvalue weighted by molar-refractivity contribution is 0.306. The molecule has 0 aliphatic rings. The van der Waals surface area contributed by atoms with Gasteiger partial charge in [-0.1, -0.05) is 5.16 Å². The smallest absolute Gasteiger partial charge is 0.235 e. The van der Waals surface area contributed by atoms with Crippen molar-refractivity contribution < 1.29 is 18.4 Å². The molecule has 0 fully saturated rings. The topological polar surface area (TPSA) is 114 Å². The van der Waals surface area contributed by atoms with Crippen LogP contribution in [0.5, 0.6) is 5.75 Å². The normalized spacial score (nSPS) is 12.5. The van der Waals surface area contributed by atoms with E-state index in [9.17, 15) is 8.42 Å². The standard InChI is InChI=1S/C11H17N3O4S/c1-8(2)19(16,17)14-9-3-5-10(6-4-9)18-7-11(12)13-15/h3-6,8,14-15H,7H2,1-2H3,(H2,12,13). The molecule has 0 radical (unpaired) electrons. The highest BCUT2D eigenvalue weighted by atomic mass is 32.2. The molecule has 0 atom stereocenters. The number of hydrogen-bond acceptors (Lipinski definition) is 5. The molecule has 0 aliphatic carbocycles. The van der Waals surface area contributed by atoms with Crippen molar-refractivity contribution in [3.63, 3.8) is 0 Å². The average molecular weight is 287 g/mol. The third-order valence-corrected chi connectivity index (χ3v) is 4.01. The molecule has 7 nitrogen and oxygen atoms in total. The summed E-state index contributed by atoms with van der Waals surface area (Å²) in [5.74, 6) is 0.434. The van der Waals surface area contributed by atoms with Gasteiger partial charge in [0.1, 0.15) is 12.4 Å². The Kier molecular flexibility index (Phi) is 4.99. The summed E-state index contributed by atoms with van der Waals surface area (Å²) in [6, 6.07) is 6.31. The fraction of sp³-hybridized carbons (Fsp3) is 0.364. The first-order chi connectivity index (χ1) is 8.85. The van der Waals surface area contributed by atoms with Gasteiger partial charge in [0, 0.05) is 5.69 Å². The molecule has 0 aliphatic heterocycles. The van der Waals surface area contributed by atoms with Crippen LogP contribution in [-0.4, -0.2) is 31.3 Å². The Morgan fingerprint density at radius 2 is 2.00 bits per heavy atom. The molecular formula is C11H17N3O4S. The molecule has 1 aromatic rings. The van der Waals surface area contributed by atoms with E-state index in [0.29, 0.717) is 11.4 Å². The Morgan fingerprint density at radius 1 is 1.42 bits per heavy atom. The second-order valence-electron chi connectivity index (χ2n) is 4.10. The van der Waals surface area contributed by atoms with Crippen LogP contribution in [0.25, 0.3) is 0 Å². The van der Waals surface area contributed by atoms with E-state index in [1.807, 2.05) is 0 Å². The molecule has 0 amide bonds. The number of nitrogens with zero attached hydrogens (tertiary/aromatic N) is 1. The maximum atomic E-state index is 11.6. The molecule has 0 aromatic heterocycles. The molecule has 4 N–H and O–H groups in total. The third kappa shape index (κ3) is 4.66. The van der Waals surface area contributed by atoms with E-state index in [-0.39, 0.29) is 12.4 Å². The number of ether oxygens (including phenoxy) is 1.